The van der Waals surface area contributed by atoms with Gasteiger partial charge in [-0.3, -0.25) is 0 Å². The minimum atomic E-state index is 0.748. The molecule has 1 aliphatic heterocycles. The van der Waals surface area contributed by atoms with Gasteiger partial charge in [-0.1, -0.05) is 28.1 Å². The summed E-state index contributed by atoms with van der Waals surface area (Å²) < 4.78 is 1.20. The van der Waals surface area contributed by atoms with Crippen molar-refractivity contribution in [2.75, 3.05) is 33.2 Å². The summed E-state index contributed by atoms with van der Waals surface area (Å²) in [6, 6.07) is 8.78. The molecule has 0 unspecified atom stereocenters. The lowest BCUT2D eigenvalue weighted by molar-refractivity contribution is 0.214. The van der Waals surface area contributed by atoms with Gasteiger partial charge in [-0.25, -0.2) is 0 Å². The number of piperidine rings is 1. The molecular formula is C14H21BrN2. The molecule has 1 aliphatic rings. The summed E-state index contributed by atoms with van der Waals surface area (Å²) in [5.41, 5.74) is 1.49. The third-order valence-corrected chi connectivity index (χ3v) is 4.08. The van der Waals surface area contributed by atoms with Crippen LogP contribution in [-0.4, -0.2) is 38.1 Å². The summed E-state index contributed by atoms with van der Waals surface area (Å²) in [5, 5.41) is 3.22. The number of likely N-dealkylation sites (N-methyl/N-ethyl adjacent to an activating group) is 1. The number of hydrogen-bond acceptors (Lipinski definition) is 2. The molecule has 1 saturated heterocycles. The van der Waals surface area contributed by atoms with Gasteiger partial charge < -0.3 is 10.2 Å². The molecule has 2 nitrogen and oxygen atoms in total. The number of rotatable bonds is 4. The van der Waals surface area contributed by atoms with Crippen LogP contribution in [0.15, 0.2) is 28.7 Å². The zero-order valence-electron chi connectivity index (χ0n) is 10.5. The van der Waals surface area contributed by atoms with Gasteiger partial charge in [-0.15, -0.1) is 0 Å². The van der Waals surface area contributed by atoms with Crippen LogP contribution in [0.2, 0.25) is 0 Å². The Balaban J connectivity index is 1.86. The predicted octanol–water partition coefficient (Wildman–Crippen LogP) is 2.85. The Labute approximate surface area is 113 Å². The lowest BCUT2D eigenvalue weighted by Crippen LogP contribution is -2.37. The second-order valence-electron chi connectivity index (χ2n) is 4.77. The van der Waals surface area contributed by atoms with Gasteiger partial charge in [0.25, 0.3) is 0 Å². The van der Waals surface area contributed by atoms with Crippen molar-refractivity contribution in [3.8, 4) is 0 Å². The Morgan fingerprint density at radius 3 is 2.76 bits per heavy atom. The van der Waals surface area contributed by atoms with Crippen molar-refractivity contribution in [3.05, 3.63) is 34.3 Å². The predicted molar refractivity (Wildman–Crippen MR) is 76.5 cm³/mol. The molecule has 3 heteroatoms. The van der Waals surface area contributed by atoms with Crippen LogP contribution in [-0.2, 0) is 0 Å². The molecule has 94 valence electrons. The summed E-state index contributed by atoms with van der Waals surface area (Å²) >= 11 is 3.56. The van der Waals surface area contributed by atoms with E-state index >= 15 is 0 Å². The minimum Gasteiger partial charge on any atom is -0.318 e. The lowest BCUT2D eigenvalue weighted by Gasteiger charge is -2.32. The molecule has 0 atom stereocenters. The van der Waals surface area contributed by atoms with Crippen LogP contribution in [0.5, 0.6) is 0 Å². The van der Waals surface area contributed by atoms with Crippen LogP contribution in [0.1, 0.15) is 24.3 Å². The van der Waals surface area contributed by atoms with Gasteiger partial charge in [0.15, 0.2) is 0 Å². The van der Waals surface area contributed by atoms with E-state index in [1.165, 1.54) is 42.5 Å². The SMILES string of the molecule is CNCCN1CCC(c2cccc(Br)c2)CC1. The first-order chi connectivity index (χ1) is 8.29. The summed E-state index contributed by atoms with van der Waals surface area (Å²) in [6.07, 6.45) is 2.58. The quantitative estimate of drug-likeness (QED) is 0.919. The molecule has 0 spiro atoms. The van der Waals surface area contributed by atoms with E-state index in [0.29, 0.717) is 0 Å². The highest BCUT2D eigenvalue weighted by atomic mass is 79.9. The third kappa shape index (κ3) is 3.80. The second kappa shape index (κ2) is 6.53. The van der Waals surface area contributed by atoms with Gasteiger partial charge in [0.05, 0.1) is 0 Å². The van der Waals surface area contributed by atoms with E-state index in [9.17, 15) is 0 Å². The molecule has 0 radical (unpaired) electrons. The molecule has 1 N–H and O–H groups in total. The molecule has 2 rings (SSSR count). The fourth-order valence-corrected chi connectivity index (χ4v) is 2.94. The number of benzene rings is 1. The van der Waals surface area contributed by atoms with Gasteiger partial charge in [0, 0.05) is 17.6 Å². The highest BCUT2D eigenvalue weighted by molar-refractivity contribution is 9.10. The van der Waals surface area contributed by atoms with Gasteiger partial charge in [0.1, 0.15) is 0 Å². The van der Waals surface area contributed by atoms with Gasteiger partial charge in [-0.2, -0.15) is 0 Å². The van der Waals surface area contributed by atoms with E-state index < -0.39 is 0 Å². The van der Waals surface area contributed by atoms with Gasteiger partial charge in [0.2, 0.25) is 0 Å². The smallest absolute Gasteiger partial charge is 0.0178 e. The van der Waals surface area contributed by atoms with Crippen molar-refractivity contribution in [2.45, 2.75) is 18.8 Å². The first-order valence-electron chi connectivity index (χ1n) is 6.42. The topological polar surface area (TPSA) is 15.3 Å². The normalized spacial score (nSPS) is 18.5. The summed E-state index contributed by atoms with van der Waals surface area (Å²) in [7, 11) is 2.02. The largest absolute Gasteiger partial charge is 0.318 e. The molecule has 0 amide bonds. The number of hydrogen-bond donors (Lipinski definition) is 1. The van der Waals surface area contributed by atoms with Crippen molar-refractivity contribution in [1.29, 1.82) is 0 Å². The molecule has 17 heavy (non-hydrogen) atoms. The van der Waals surface area contributed by atoms with Crippen molar-refractivity contribution in [2.24, 2.45) is 0 Å². The summed E-state index contributed by atoms with van der Waals surface area (Å²) in [6.45, 7) is 4.75. The first-order valence-corrected chi connectivity index (χ1v) is 7.21. The Hall–Kier alpha value is -0.380. The Morgan fingerprint density at radius 2 is 2.12 bits per heavy atom. The average Bonchev–Trinajstić information content (AvgIpc) is 2.37. The number of nitrogens with zero attached hydrogens (tertiary/aromatic N) is 1. The van der Waals surface area contributed by atoms with E-state index in [0.717, 1.165) is 12.5 Å². The van der Waals surface area contributed by atoms with Crippen molar-refractivity contribution < 1.29 is 0 Å². The number of halogens is 1. The van der Waals surface area contributed by atoms with Crippen molar-refractivity contribution >= 4 is 15.9 Å². The number of likely N-dealkylation sites (tertiary alicyclic amines) is 1. The second-order valence-corrected chi connectivity index (χ2v) is 5.69. The molecule has 1 aromatic carbocycles. The van der Waals surface area contributed by atoms with Crippen molar-refractivity contribution in [3.63, 3.8) is 0 Å². The van der Waals surface area contributed by atoms with E-state index in [2.05, 4.69) is 50.4 Å². The molecule has 0 bridgehead atoms. The Morgan fingerprint density at radius 1 is 1.35 bits per heavy atom. The summed E-state index contributed by atoms with van der Waals surface area (Å²) in [4.78, 5) is 2.56. The van der Waals surface area contributed by atoms with Crippen LogP contribution < -0.4 is 5.32 Å². The van der Waals surface area contributed by atoms with Gasteiger partial charge in [-0.05, 0) is 56.6 Å². The molecular weight excluding hydrogens is 276 g/mol. The van der Waals surface area contributed by atoms with E-state index in [1.54, 1.807) is 0 Å². The number of nitrogens with one attached hydrogen (secondary N) is 1. The fourth-order valence-electron chi connectivity index (χ4n) is 2.52. The van der Waals surface area contributed by atoms with E-state index in [1.807, 2.05) is 7.05 Å². The monoisotopic (exact) mass is 296 g/mol. The highest BCUT2D eigenvalue weighted by Gasteiger charge is 2.19. The van der Waals surface area contributed by atoms with E-state index in [-0.39, 0.29) is 0 Å². The standard InChI is InChI=1S/C14H21BrN2/c1-16-7-10-17-8-5-12(6-9-17)13-3-2-4-14(15)11-13/h2-4,11-12,16H,5-10H2,1H3. The molecule has 0 saturated carbocycles. The maximum Gasteiger partial charge on any atom is 0.0178 e. The molecule has 1 aromatic rings. The molecule has 1 fully saturated rings. The van der Waals surface area contributed by atoms with Crippen LogP contribution >= 0.6 is 15.9 Å². The third-order valence-electron chi connectivity index (χ3n) is 3.59. The van der Waals surface area contributed by atoms with Gasteiger partial charge >= 0.3 is 0 Å². The maximum absolute atomic E-state index is 3.56. The maximum atomic E-state index is 3.56. The lowest BCUT2D eigenvalue weighted by atomic mass is 9.89. The zero-order valence-corrected chi connectivity index (χ0v) is 12.0. The first kappa shape index (κ1) is 13.1. The molecule has 1 heterocycles. The fraction of sp³-hybridized carbons (Fsp3) is 0.571. The summed E-state index contributed by atoms with van der Waals surface area (Å²) in [5.74, 6) is 0.748. The zero-order chi connectivity index (χ0) is 12.1. The highest BCUT2D eigenvalue weighted by Crippen LogP contribution is 2.29. The van der Waals surface area contributed by atoms with Crippen LogP contribution in [0.4, 0.5) is 0 Å². The Kier molecular flexibility index (Phi) is 5.01. The van der Waals surface area contributed by atoms with E-state index in [4.69, 9.17) is 0 Å². The van der Waals surface area contributed by atoms with Crippen LogP contribution in [0.3, 0.4) is 0 Å². The van der Waals surface area contributed by atoms with Crippen LogP contribution in [0, 0.1) is 0 Å². The molecule has 0 aromatic heterocycles. The average molecular weight is 297 g/mol. The molecule has 0 aliphatic carbocycles. The Bertz CT molecular complexity index is 346. The minimum absolute atomic E-state index is 0.748. The van der Waals surface area contributed by atoms with Crippen LogP contribution in [0.25, 0.3) is 0 Å². The van der Waals surface area contributed by atoms with Crippen molar-refractivity contribution in [1.82, 2.24) is 10.2 Å².